The molecule has 0 saturated carbocycles. The van der Waals surface area contributed by atoms with Gasteiger partial charge in [0.1, 0.15) is 17.0 Å². The van der Waals surface area contributed by atoms with Gasteiger partial charge in [0, 0.05) is 6.61 Å². The molecular weight excluding hydrogens is 346 g/mol. The lowest BCUT2D eigenvalue weighted by Gasteiger charge is -2.28. The van der Waals surface area contributed by atoms with E-state index in [2.05, 4.69) is 4.98 Å². The maximum atomic E-state index is 12.1. The summed E-state index contributed by atoms with van der Waals surface area (Å²) in [7, 11) is 0. The predicted octanol–water partition coefficient (Wildman–Crippen LogP) is 4.36. The van der Waals surface area contributed by atoms with E-state index in [0.717, 1.165) is 32.1 Å². The Bertz CT molecular complexity index is 575. The summed E-state index contributed by atoms with van der Waals surface area (Å²) in [5.74, 6) is 0.348. The van der Waals surface area contributed by atoms with Gasteiger partial charge in [0.15, 0.2) is 11.9 Å². The molecule has 1 heterocycles. The standard InChI is InChI=1S/C21H33NO5/c1-20(2,3)27-19(24)21(4,5)26-14-10-8-6-7-9-13-25-18-12-11-17(16-23)22-15-18/h11-12,15-16H,6-10,13-14H2,1-5H3. The van der Waals surface area contributed by atoms with Crippen LogP contribution in [0.15, 0.2) is 18.3 Å². The fraction of sp³-hybridized carbons (Fsp3) is 0.667. The molecule has 1 rings (SSSR count). The van der Waals surface area contributed by atoms with Crippen molar-refractivity contribution < 1.29 is 23.8 Å². The van der Waals surface area contributed by atoms with E-state index in [1.807, 2.05) is 20.8 Å². The number of hydrogen-bond acceptors (Lipinski definition) is 6. The summed E-state index contributed by atoms with van der Waals surface area (Å²) in [5, 5.41) is 0. The summed E-state index contributed by atoms with van der Waals surface area (Å²) < 4.78 is 16.7. The third kappa shape index (κ3) is 10.1. The monoisotopic (exact) mass is 379 g/mol. The predicted molar refractivity (Wildman–Crippen MR) is 104 cm³/mol. The minimum Gasteiger partial charge on any atom is -0.492 e. The SMILES string of the molecule is CC(C)(C)OC(=O)C(C)(C)OCCCCCCCOc1ccc(C=O)nc1. The Labute approximate surface area is 162 Å². The number of aldehydes is 1. The normalized spacial score (nSPS) is 11.9. The number of esters is 1. The molecule has 0 aliphatic rings. The molecule has 0 atom stereocenters. The van der Waals surface area contributed by atoms with Crippen molar-refractivity contribution in [3.05, 3.63) is 24.0 Å². The Morgan fingerprint density at radius 2 is 1.63 bits per heavy atom. The van der Waals surface area contributed by atoms with Gasteiger partial charge in [-0.2, -0.15) is 0 Å². The van der Waals surface area contributed by atoms with Gasteiger partial charge in [0.05, 0.1) is 12.8 Å². The van der Waals surface area contributed by atoms with Gasteiger partial charge in [0.25, 0.3) is 0 Å². The van der Waals surface area contributed by atoms with E-state index in [-0.39, 0.29) is 5.97 Å². The smallest absolute Gasteiger partial charge is 0.338 e. The van der Waals surface area contributed by atoms with Gasteiger partial charge >= 0.3 is 5.97 Å². The maximum Gasteiger partial charge on any atom is 0.338 e. The lowest BCUT2D eigenvalue weighted by Crippen LogP contribution is -2.41. The highest BCUT2D eigenvalue weighted by atomic mass is 16.6. The van der Waals surface area contributed by atoms with E-state index in [4.69, 9.17) is 14.2 Å². The Kier molecular flexibility index (Phi) is 9.43. The average molecular weight is 379 g/mol. The number of unbranched alkanes of at least 4 members (excludes halogenated alkanes) is 4. The molecule has 0 aliphatic carbocycles. The summed E-state index contributed by atoms with van der Waals surface area (Å²) >= 11 is 0. The van der Waals surface area contributed by atoms with Crippen molar-refractivity contribution >= 4 is 12.3 Å². The van der Waals surface area contributed by atoms with E-state index in [9.17, 15) is 9.59 Å². The van der Waals surface area contributed by atoms with Gasteiger partial charge in [-0.25, -0.2) is 9.78 Å². The Morgan fingerprint density at radius 1 is 1.00 bits per heavy atom. The molecule has 0 radical (unpaired) electrons. The van der Waals surface area contributed by atoms with E-state index in [1.165, 1.54) is 0 Å². The molecule has 1 aromatic rings. The van der Waals surface area contributed by atoms with E-state index >= 15 is 0 Å². The Balaban J connectivity index is 2.06. The van der Waals surface area contributed by atoms with E-state index in [0.29, 0.717) is 30.9 Å². The molecule has 0 spiro atoms. The molecule has 0 aliphatic heterocycles. The molecule has 0 aromatic carbocycles. The third-order valence-electron chi connectivity index (χ3n) is 3.79. The second-order valence-corrected chi connectivity index (χ2v) is 8.01. The van der Waals surface area contributed by atoms with Gasteiger partial charge in [-0.15, -0.1) is 0 Å². The zero-order valence-corrected chi connectivity index (χ0v) is 17.2. The first kappa shape index (κ1) is 23.1. The van der Waals surface area contributed by atoms with Crippen molar-refractivity contribution in [2.75, 3.05) is 13.2 Å². The summed E-state index contributed by atoms with van der Waals surface area (Å²) in [4.78, 5) is 26.6. The van der Waals surface area contributed by atoms with Crippen molar-refractivity contribution in [1.82, 2.24) is 4.98 Å². The molecular formula is C21H33NO5. The van der Waals surface area contributed by atoms with Crippen LogP contribution in [0.3, 0.4) is 0 Å². The highest BCUT2D eigenvalue weighted by Gasteiger charge is 2.33. The number of ether oxygens (including phenoxy) is 3. The fourth-order valence-corrected chi connectivity index (χ4v) is 2.26. The molecule has 1 aromatic heterocycles. The number of nitrogens with zero attached hydrogens (tertiary/aromatic N) is 1. The second kappa shape index (κ2) is 11.0. The van der Waals surface area contributed by atoms with Crippen molar-refractivity contribution in [2.24, 2.45) is 0 Å². The van der Waals surface area contributed by atoms with Gasteiger partial charge in [-0.3, -0.25) is 4.79 Å². The summed E-state index contributed by atoms with van der Waals surface area (Å²) in [6.07, 6.45) is 7.33. The first-order chi connectivity index (χ1) is 12.6. The van der Waals surface area contributed by atoms with Crippen LogP contribution in [0.2, 0.25) is 0 Å². The van der Waals surface area contributed by atoms with Crippen LogP contribution in [0.1, 0.15) is 77.2 Å². The quantitative estimate of drug-likeness (QED) is 0.305. The molecule has 152 valence electrons. The molecule has 0 saturated heterocycles. The zero-order chi connectivity index (χ0) is 20.3. The average Bonchev–Trinajstić information content (AvgIpc) is 2.59. The van der Waals surface area contributed by atoms with Crippen LogP contribution in [-0.4, -0.2) is 41.7 Å². The van der Waals surface area contributed by atoms with Crippen LogP contribution < -0.4 is 4.74 Å². The van der Waals surface area contributed by atoms with E-state index < -0.39 is 11.2 Å². The van der Waals surface area contributed by atoms with Crippen LogP contribution in [0.25, 0.3) is 0 Å². The van der Waals surface area contributed by atoms with Crippen molar-refractivity contribution in [1.29, 1.82) is 0 Å². The number of hydrogen-bond donors (Lipinski definition) is 0. The highest BCUT2D eigenvalue weighted by Crippen LogP contribution is 2.18. The lowest BCUT2D eigenvalue weighted by molar-refractivity contribution is -0.179. The van der Waals surface area contributed by atoms with Gasteiger partial charge in [-0.05, 0) is 59.6 Å². The molecule has 27 heavy (non-hydrogen) atoms. The third-order valence-corrected chi connectivity index (χ3v) is 3.79. The topological polar surface area (TPSA) is 74.7 Å². The van der Waals surface area contributed by atoms with Crippen LogP contribution in [0.5, 0.6) is 5.75 Å². The maximum absolute atomic E-state index is 12.1. The lowest BCUT2D eigenvalue weighted by atomic mass is 10.1. The van der Waals surface area contributed by atoms with Crippen molar-refractivity contribution in [3.8, 4) is 5.75 Å². The second-order valence-electron chi connectivity index (χ2n) is 8.01. The Hall–Kier alpha value is -1.95. The summed E-state index contributed by atoms with van der Waals surface area (Å²) in [5.41, 5.74) is -1.03. The number of carbonyl (C=O) groups excluding carboxylic acids is 2. The van der Waals surface area contributed by atoms with Crippen LogP contribution in [-0.2, 0) is 14.3 Å². The first-order valence-electron chi connectivity index (χ1n) is 9.55. The number of aromatic nitrogens is 1. The van der Waals surface area contributed by atoms with Crippen LogP contribution >= 0.6 is 0 Å². The first-order valence-corrected chi connectivity index (χ1v) is 9.55. The van der Waals surface area contributed by atoms with Crippen LogP contribution in [0, 0.1) is 0 Å². The highest BCUT2D eigenvalue weighted by molar-refractivity contribution is 5.78. The largest absolute Gasteiger partial charge is 0.492 e. The summed E-state index contributed by atoms with van der Waals surface area (Å²) in [6, 6.07) is 3.39. The van der Waals surface area contributed by atoms with Crippen molar-refractivity contribution in [3.63, 3.8) is 0 Å². The molecule has 6 heteroatoms. The molecule has 0 amide bonds. The molecule has 0 fully saturated rings. The fourth-order valence-electron chi connectivity index (χ4n) is 2.26. The number of rotatable bonds is 12. The van der Waals surface area contributed by atoms with Crippen LogP contribution in [0.4, 0.5) is 0 Å². The number of carbonyl (C=O) groups is 2. The number of pyridine rings is 1. The summed E-state index contributed by atoms with van der Waals surface area (Å²) in [6.45, 7) is 10.2. The molecule has 0 unspecified atom stereocenters. The zero-order valence-electron chi connectivity index (χ0n) is 17.2. The minimum atomic E-state index is -0.922. The van der Waals surface area contributed by atoms with Gasteiger partial charge in [0.2, 0.25) is 0 Å². The van der Waals surface area contributed by atoms with Gasteiger partial charge < -0.3 is 14.2 Å². The minimum absolute atomic E-state index is 0.331. The molecule has 0 N–H and O–H groups in total. The van der Waals surface area contributed by atoms with E-state index in [1.54, 1.807) is 32.2 Å². The van der Waals surface area contributed by atoms with Gasteiger partial charge in [-0.1, -0.05) is 19.3 Å². The molecule has 6 nitrogen and oxygen atoms in total. The molecule has 0 bridgehead atoms. The Morgan fingerprint density at radius 3 is 2.19 bits per heavy atom. The van der Waals surface area contributed by atoms with Crippen molar-refractivity contribution in [2.45, 2.75) is 77.9 Å².